The number of hydrogen-bond acceptors (Lipinski definition) is 3. The summed E-state index contributed by atoms with van der Waals surface area (Å²) in [5, 5.41) is 18.9. The van der Waals surface area contributed by atoms with Crippen LogP contribution in [0.25, 0.3) is 0 Å². The molecule has 3 nitrogen and oxygen atoms in total. The summed E-state index contributed by atoms with van der Waals surface area (Å²) in [6.45, 7) is 0. The number of halogens is 5. The van der Waals surface area contributed by atoms with Gasteiger partial charge in [-0.15, -0.1) is 0 Å². The summed E-state index contributed by atoms with van der Waals surface area (Å²) in [6.07, 6.45) is -4.34. The molecule has 0 saturated heterocycles. The van der Waals surface area contributed by atoms with Gasteiger partial charge in [-0.2, -0.15) is 23.7 Å². The van der Waals surface area contributed by atoms with Gasteiger partial charge < -0.3 is 0 Å². The van der Waals surface area contributed by atoms with Gasteiger partial charge in [0.25, 0.3) is 0 Å². The van der Waals surface area contributed by atoms with E-state index in [0.29, 0.717) is 22.8 Å². The Kier molecular flexibility index (Phi) is 5.03. The Morgan fingerprint density at radius 2 is 1.67 bits per heavy atom. The molecule has 0 aliphatic heterocycles. The first kappa shape index (κ1) is 18.1. The van der Waals surface area contributed by atoms with Crippen LogP contribution in [-0.4, -0.2) is 4.98 Å². The second-order valence-corrected chi connectivity index (χ2v) is 5.75. The summed E-state index contributed by atoms with van der Waals surface area (Å²) >= 11 is 11.8. The van der Waals surface area contributed by atoms with Gasteiger partial charge in [-0.3, -0.25) is 4.98 Å². The Labute approximate surface area is 145 Å². The maximum absolute atomic E-state index is 12.8. The average Bonchev–Trinajstić information content (AvgIpc) is 2.53. The summed E-state index contributed by atoms with van der Waals surface area (Å²) < 4.78 is 38.3. The SMILES string of the molecule is N#CC[C@](C#N)(c1ccc(Cl)cc1)c1ncc(C(F)(F)F)cc1Cl. The zero-order valence-corrected chi connectivity index (χ0v) is 13.4. The second kappa shape index (κ2) is 6.68. The molecule has 0 fully saturated rings. The van der Waals surface area contributed by atoms with Crippen LogP contribution in [0.2, 0.25) is 10.0 Å². The van der Waals surface area contributed by atoms with Crippen molar-refractivity contribution in [2.45, 2.75) is 18.0 Å². The molecule has 122 valence electrons. The van der Waals surface area contributed by atoms with Gasteiger partial charge in [0.1, 0.15) is 5.41 Å². The third-order valence-corrected chi connectivity index (χ3v) is 3.98. The van der Waals surface area contributed by atoms with Gasteiger partial charge in [0.2, 0.25) is 0 Å². The van der Waals surface area contributed by atoms with Crippen LogP contribution in [0.3, 0.4) is 0 Å². The van der Waals surface area contributed by atoms with Gasteiger partial charge in [-0.1, -0.05) is 35.3 Å². The van der Waals surface area contributed by atoms with Crippen LogP contribution in [0.4, 0.5) is 13.2 Å². The van der Waals surface area contributed by atoms with E-state index in [0.717, 1.165) is 0 Å². The van der Waals surface area contributed by atoms with E-state index < -0.39 is 17.2 Å². The average molecular weight is 370 g/mol. The number of alkyl halides is 3. The van der Waals surface area contributed by atoms with E-state index in [1.165, 1.54) is 24.3 Å². The molecule has 0 aliphatic rings. The number of benzene rings is 1. The smallest absolute Gasteiger partial charge is 0.257 e. The quantitative estimate of drug-likeness (QED) is 0.753. The molecule has 0 spiro atoms. The van der Waals surface area contributed by atoms with E-state index >= 15 is 0 Å². The number of hydrogen-bond donors (Lipinski definition) is 0. The van der Waals surface area contributed by atoms with Gasteiger partial charge in [-0.05, 0) is 23.8 Å². The van der Waals surface area contributed by atoms with Crippen LogP contribution in [0.15, 0.2) is 36.5 Å². The molecule has 2 rings (SSSR count). The highest BCUT2D eigenvalue weighted by atomic mass is 35.5. The predicted molar refractivity (Wildman–Crippen MR) is 82.3 cm³/mol. The minimum absolute atomic E-state index is 0.108. The zero-order chi connectivity index (χ0) is 18.0. The van der Waals surface area contributed by atoms with E-state index in [1.807, 2.05) is 12.1 Å². The highest BCUT2D eigenvalue weighted by Gasteiger charge is 2.40. The third kappa shape index (κ3) is 3.31. The van der Waals surface area contributed by atoms with Crippen LogP contribution in [0.5, 0.6) is 0 Å². The lowest BCUT2D eigenvalue weighted by molar-refractivity contribution is -0.137. The van der Waals surface area contributed by atoms with E-state index in [1.54, 1.807) is 0 Å². The molecule has 0 unspecified atom stereocenters. The molecule has 24 heavy (non-hydrogen) atoms. The highest BCUT2D eigenvalue weighted by Crippen LogP contribution is 2.40. The molecule has 0 N–H and O–H groups in total. The fourth-order valence-corrected chi connectivity index (χ4v) is 2.69. The fourth-order valence-electron chi connectivity index (χ4n) is 2.24. The summed E-state index contributed by atoms with van der Waals surface area (Å²) in [7, 11) is 0. The van der Waals surface area contributed by atoms with Crippen LogP contribution in [0.1, 0.15) is 23.2 Å². The van der Waals surface area contributed by atoms with E-state index in [9.17, 15) is 18.4 Å². The van der Waals surface area contributed by atoms with Gasteiger partial charge >= 0.3 is 6.18 Å². The minimum atomic E-state index is -4.61. The first-order valence-electron chi connectivity index (χ1n) is 6.52. The van der Waals surface area contributed by atoms with Crippen LogP contribution >= 0.6 is 23.2 Å². The molecular formula is C16H8Cl2F3N3. The molecule has 1 atom stereocenters. The molecule has 8 heteroatoms. The van der Waals surface area contributed by atoms with E-state index in [-0.39, 0.29) is 17.1 Å². The van der Waals surface area contributed by atoms with Crippen molar-refractivity contribution in [3.05, 3.63) is 63.4 Å². The standard InChI is InChI=1S/C16H8Cl2F3N3/c17-12-3-1-10(2-4-12)15(9-23,5-6-22)14-13(18)7-11(8-24-14)16(19,20)21/h1-4,7-8H,5H2/t15-/m0/s1. The number of rotatable bonds is 3. The van der Waals surface area contributed by atoms with Crippen molar-refractivity contribution in [3.8, 4) is 12.1 Å². The maximum Gasteiger partial charge on any atom is 0.417 e. The molecular weight excluding hydrogens is 362 g/mol. The zero-order valence-electron chi connectivity index (χ0n) is 11.9. The van der Waals surface area contributed by atoms with Gasteiger partial charge in [-0.25, -0.2) is 0 Å². The minimum Gasteiger partial charge on any atom is -0.257 e. The molecule has 1 aromatic carbocycles. The monoisotopic (exact) mass is 369 g/mol. The maximum atomic E-state index is 12.8. The van der Waals surface area contributed by atoms with Crippen molar-refractivity contribution in [1.29, 1.82) is 10.5 Å². The molecule has 2 aromatic rings. The topological polar surface area (TPSA) is 60.5 Å². The summed E-state index contributed by atoms with van der Waals surface area (Å²) in [5.41, 5.74) is -2.37. The van der Waals surface area contributed by atoms with Crippen LogP contribution in [0, 0.1) is 22.7 Å². The van der Waals surface area contributed by atoms with Crippen molar-refractivity contribution in [2.24, 2.45) is 0 Å². The third-order valence-electron chi connectivity index (χ3n) is 3.44. The molecule has 0 radical (unpaired) electrons. The lowest BCUT2D eigenvalue weighted by Crippen LogP contribution is -2.27. The van der Waals surface area contributed by atoms with Crippen molar-refractivity contribution in [1.82, 2.24) is 4.98 Å². The Bertz CT molecular complexity index is 836. The second-order valence-electron chi connectivity index (χ2n) is 4.91. The largest absolute Gasteiger partial charge is 0.417 e. The lowest BCUT2D eigenvalue weighted by atomic mass is 9.76. The Morgan fingerprint density at radius 1 is 1.04 bits per heavy atom. The Balaban J connectivity index is 2.68. The predicted octanol–water partition coefficient (Wildman–Crippen LogP) is 5.13. The fraction of sp³-hybridized carbons (Fsp3) is 0.188. The highest BCUT2D eigenvalue weighted by molar-refractivity contribution is 6.31. The molecule has 1 aromatic heterocycles. The number of pyridine rings is 1. The van der Waals surface area contributed by atoms with E-state index in [4.69, 9.17) is 28.5 Å². The summed E-state index contributed by atoms with van der Waals surface area (Å²) in [5.74, 6) is 0. The van der Waals surface area contributed by atoms with Crippen LogP contribution < -0.4 is 0 Å². The normalized spacial score (nSPS) is 13.6. The Hall–Kier alpha value is -2.28. The first-order chi connectivity index (χ1) is 11.2. The number of nitriles is 2. The van der Waals surface area contributed by atoms with Crippen molar-refractivity contribution < 1.29 is 13.2 Å². The lowest BCUT2D eigenvalue weighted by Gasteiger charge is -2.25. The van der Waals surface area contributed by atoms with E-state index in [2.05, 4.69) is 4.98 Å². The summed E-state index contributed by atoms with van der Waals surface area (Å²) in [4.78, 5) is 3.75. The van der Waals surface area contributed by atoms with Gasteiger partial charge in [0.05, 0.1) is 34.8 Å². The van der Waals surface area contributed by atoms with Crippen LogP contribution in [-0.2, 0) is 11.6 Å². The molecule has 0 bridgehead atoms. The molecule has 0 amide bonds. The molecule has 1 heterocycles. The van der Waals surface area contributed by atoms with Crippen molar-refractivity contribution >= 4 is 23.2 Å². The Morgan fingerprint density at radius 3 is 2.12 bits per heavy atom. The first-order valence-corrected chi connectivity index (χ1v) is 7.27. The number of aromatic nitrogens is 1. The van der Waals surface area contributed by atoms with Gasteiger partial charge in [0, 0.05) is 11.2 Å². The summed E-state index contributed by atoms with van der Waals surface area (Å²) in [6, 6.07) is 10.6. The molecule has 0 saturated carbocycles. The number of nitrogens with zero attached hydrogens (tertiary/aromatic N) is 3. The van der Waals surface area contributed by atoms with Crippen molar-refractivity contribution in [3.63, 3.8) is 0 Å². The molecule has 0 aliphatic carbocycles. The van der Waals surface area contributed by atoms with Gasteiger partial charge in [0.15, 0.2) is 0 Å². The van der Waals surface area contributed by atoms with Crippen molar-refractivity contribution in [2.75, 3.05) is 0 Å².